The van der Waals surface area contributed by atoms with Gasteiger partial charge in [-0.15, -0.1) is 0 Å². The number of alkyl halides is 3. The van der Waals surface area contributed by atoms with Gasteiger partial charge in [-0.25, -0.2) is 0 Å². The molecule has 0 radical (unpaired) electrons. The Morgan fingerprint density at radius 3 is 2.29 bits per heavy atom. The van der Waals surface area contributed by atoms with Gasteiger partial charge < -0.3 is 15.5 Å². The highest BCUT2D eigenvalue weighted by Crippen LogP contribution is 2.29. The molecule has 1 aromatic rings. The second kappa shape index (κ2) is 6.24. The monoisotopic (exact) mass is 303 g/mol. The number of carbonyl (C=O) groups is 1. The maximum absolute atomic E-state index is 12.8. The minimum Gasteiger partial charge on any atom is -0.399 e. The van der Waals surface area contributed by atoms with Crippen molar-refractivity contribution in [3.05, 3.63) is 23.8 Å². The number of rotatable bonds is 4. The number of hydrogen-bond acceptors (Lipinski definition) is 3. The van der Waals surface area contributed by atoms with Gasteiger partial charge in [-0.05, 0) is 32.0 Å². The Bertz CT molecular complexity index is 513. The lowest BCUT2D eigenvalue weighted by atomic mass is 10.1. The van der Waals surface area contributed by atoms with E-state index in [0.717, 1.165) is 4.90 Å². The fourth-order valence-electron chi connectivity index (χ4n) is 1.95. The minimum absolute atomic E-state index is 0.195. The number of nitrogens with zero attached hydrogens (tertiary/aromatic N) is 2. The van der Waals surface area contributed by atoms with Crippen LogP contribution in [0.3, 0.4) is 0 Å². The van der Waals surface area contributed by atoms with E-state index in [0.29, 0.717) is 5.69 Å². The van der Waals surface area contributed by atoms with Gasteiger partial charge in [-0.2, -0.15) is 13.2 Å². The molecule has 4 nitrogen and oxygen atoms in total. The van der Waals surface area contributed by atoms with E-state index in [4.69, 9.17) is 5.73 Å². The van der Waals surface area contributed by atoms with Crippen LogP contribution in [0.1, 0.15) is 24.2 Å². The Morgan fingerprint density at radius 2 is 1.86 bits per heavy atom. The maximum atomic E-state index is 12.8. The van der Waals surface area contributed by atoms with Crippen LogP contribution in [0.2, 0.25) is 0 Å². The molecule has 0 aliphatic heterocycles. The van der Waals surface area contributed by atoms with E-state index in [1.807, 2.05) is 0 Å². The zero-order valence-electron chi connectivity index (χ0n) is 12.5. The van der Waals surface area contributed by atoms with Crippen molar-refractivity contribution >= 4 is 17.3 Å². The molecule has 0 saturated heterocycles. The number of halogens is 3. The van der Waals surface area contributed by atoms with Crippen LogP contribution in [-0.2, 0) is 0 Å². The molecule has 1 rings (SSSR count). The lowest BCUT2D eigenvalue weighted by Gasteiger charge is -2.32. The molecule has 2 N–H and O–H groups in total. The fraction of sp³-hybridized carbons (Fsp3) is 0.500. The molecule has 7 heteroatoms. The van der Waals surface area contributed by atoms with Crippen LogP contribution in [0.5, 0.6) is 0 Å². The Morgan fingerprint density at radius 1 is 1.29 bits per heavy atom. The predicted octanol–water partition coefficient (Wildman–Crippen LogP) is 2.75. The minimum atomic E-state index is -4.37. The van der Waals surface area contributed by atoms with Gasteiger partial charge in [0.1, 0.15) is 6.54 Å². The molecule has 0 unspecified atom stereocenters. The van der Waals surface area contributed by atoms with E-state index in [1.165, 1.54) is 23.1 Å². The third-order valence-electron chi connectivity index (χ3n) is 2.94. The Balaban J connectivity index is 3.35. The van der Waals surface area contributed by atoms with Crippen LogP contribution in [0, 0.1) is 0 Å². The number of anilines is 2. The van der Waals surface area contributed by atoms with Gasteiger partial charge in [-0.1, -0.05) is 0 Å². The van der Waals surface area contributed by atoms with Crippen LogP contribution in [-0.4, -0.2) is 43.7 Å². The Kier molecular flexibility index (Phi) is 5.09. The Hall–Kier alpha value is -1.92. The van der Waals surface area contributed by atoms with Crippen LogP contribution in [0.25, 0.3) is 0 Å². The molecular formula is C14H20F3N3O. The summed E-state index contributed by atoms with van der Waals surface area (Å²) in [5.74, 6) is -0.363. The SMILES string of the molecule is CC(C)N(CC(F)(F)F)c1cc(N)ccc1C(=O)N(C)C. The molecule has 0 heterocycles. The first-order valence-corrected chi connectivity index (χ1v) is 6.47. The third-order valence-corrected chi connectivity index (χ3v) is 2.94. The van der Waals surface area contributed by atoms with E-state index < -0.39 is 18.8 Å². The van der Waals surface area contributed by atoms with E-state index in [1.54, 1.807) is 27.9 Å². The summed E-state index contributed by atoms with van der Waals surface area (Å²) in [5.41, 5.74) is 6.38. The standard InChI is InChI=1S/C14H20F3N3O/c1-9(2)20(8-14(15,16)17)12-7-10(18)5-6-11(12)13(21)19(3)4/h5-7,9H,8,18H2,1-4H3. The topological polar surface area (TPSA) is 49.6 Å². The molecule has 0 aliphatic rings. The molecule has 118 valence electrons. The van der Waals surface area contributed by atoms with Gasteiger partial charge in [0.15, 0.2) is 0 Å². The molecule has 0 aromatic heterocycles. The van der Waals surface area contributed by atoms with E-state index >= 15 is 0 Å². The summed E-state index contributed by atoms with van der Waals surface area (Å²) in [6.07, 6.45) is -4.37. The smallest absolute Gasteiger partial charge is 0.399 e. The molecule has 0 saturated carbocycles. The van der Waals surface area contributed by atoms with Crippen molar-refractivity contribution in [1.29, 1.82) is 0 Å². The van der Waals surface area contributed by atoms with Crippen molar-refractivity contribution in [1.82, 2.24) is 4.90 Å². The summed E-state index contributed by atoms with van der Waals surface area (Å²) in [7, 11) is 3.10. The average Bonchev–Trinajstić information content (AvgIpc) is 2.33. The second-order valence-corrected chi connectivity index (χ2v) is 5.31. The van der Waals surface area contributed by atoms with Crippen molar-refractivity contribution in [2.24, 2.45) is 0 Å². The number of hydrogen-bond donors (Lipinski definition) is 1. The average molecular weight is 303 g/mol. The molecule has 1 aromatic carbocycles. The molecule has 1 amide bonds. The molecule has 0 aliphatic carbocycles. The number of carbonyl (C=O) groups excluding carboxylic acids is 1. The molecule has 0 spiro atoms. The van der Waals surface area contributed by atoms with Gasteiger partial charge in [0.05, 0.1) is 11.3 Å². The van der Waals surface area contributed by atoms with Crippen molar-refractivity contribution in [2.75, 3.05) is 31.3 Å². The molecule has 0 fully saturated rings. The normalized spacial score (nSPS) is 11.6. The van der Waals surface area contributed by atoms with Gasteiger partial charge >= 0.3 is 6.18 Å². The summed E-state index contributed by atoms with van der Waals surface area (Å²) in [6, 6.07) is 3.94. The zero-order valence-corrected chi connectivity index (χ0v) is 12.5. The van der Waals surface area contributed by atoms with E-state index in [-0.39, 0.29) is 17.2 Å². The first-order chi connectivity index (χ1) is 9.53. The first kappa shape index (κ1) is 17.1. The largest absolute Gasteiger partial charge is 0.405 e. The molecule has 0 atom stereocenters. The van der Waals surface area contributed by atoms with Gasteiger partial charge in [-0.3, -0.25) is 4.79 Å². The van der Waals surface area contributed by atoms with Crippen LogP contribution < -0.4 is 10.6 Å². The highest BCUT2D eigenvalue weighted by Gasteiger charge is 2.33. The quantitative estimate of drug-likeness (QED) is 0.870. The van der Waals surface area contributed by atoms with Crippen LogP contribution in [0.4, 0.5) is 24.5 Å². The van der Waals surface area contributed by atoms with Gasteiger partial charge in [0.2, 0.25) is 0 Å². The zero-order chi connectivity index (χ0) is 16.4. The molecule has 21 heavy (non-hydrogen) atoms. The summed E-state index contributed by atoms with van der Waals surface area (Å²) >= 11 is 0. The predicted molar refractivity (Wildman–Crippen MR) is 77.4 cm³/mol. The summed E-state index contributed by atoms with van der Waals surface area (Å²) < 4.78 is 38.3. The lowest BCUT2D eigenvalue weighted by molar-refractivity contribution is -0.120. The van der Waals surface area contributed by atoms with E-state index in [2.05, 4.69) is 0 Å². The molecule has 0 bridgehead atoms. The summed E-state index contributed by atoms with van der Waals surface area (Å²) in [5, 5.41) is 0. The third kappa shape index (κ3) is 4.54. The summed E-state index contributed by atoms with van der Waals surface area (Å²) in [6.45, 7) is 2.14. The van der Waals surface area contributed by atoms with Gasteiger partial charge in [0.25, 0.3) is 5.91 Å². The van der Waals surface area contributed by atoms with Crippen molar-refractivity contribution in [3.8, 4) is 0 Å². The van der Waals surface area contributed by atoms with Crippen LogP contribution >= 0.6 is 0 Å². The Labute approximate surface area is 122 Å². The lowest BCUT2D eigenvalue weighted by Crippen LogP contribution is -2.40. The second-order valence-electron chi connectivity index (χ2n) is 5.31. The highest BCUT2D eigenvalue weighted by atomic mass is 19.4. The summed E-state index contributed by atoms with van der Waals surface area (Å²) in [4.78, 5) is 14.6. The van der Waals surface area contributed by atoms with Crippen molar-refractivity contribution in [2.45, 2.75) is 26.1 Å². The van der Waals surface area contributed by atoms with E-state index in [9.17, 15) is 18.0 Å². The van der Waals surface area contributed by atoms with Crippen molar-refractivity contribution < 1.29 is 18.0 Å². The number of amides is 1. The highest BCUT2D eigenvalue weighted by molar-refractivity contribution is 6.00. The fourth-order valence-corrected chi connectivity index (χ4v) is 1.95. The molecular weight excluding hydrogens is 283 g/mol. The first-order valence-electron chi connectivity index (χ1n) is 6.47. The number of nitrogens with two attached hydrogens (primary N) is 1. The maximum Gasteiger partial charge on any atom is 0.405 e. The number of nitrogen functional groups attached to an aromatic ring is 1. The van der Waals surface area contributed by atoms with Gasteiger partial charge in [0, 0.05) is 25.8 Å². The van der Waals surface area contributed by atoms with Crippen molar-refractivity contribution in [3.63, 3.8) is 0 Å². The number of benzene rings is 1. The van der Waals surface area contributed by atoms with Crippen LogP contribution in [0.15, 0.2) is 18.2 Å².